The van der Waals surface area contributed by atoms with Gasteiger partial charge in [0, 0.05) is 33.0 Å². The molecule has 0 fully saturated rings. The molecule has 0 aliphatic carbocycles. The van der Waals surface area contributed by atoms with Gasteiger partial charge >= 0.3 is 5.97 Å². The third kappa shape index (κ3) is 5.49. The van der Waals surface area contributed by atoms with Gasteiger partial charge in [-0.25, -0.2) is 9.78 Å². The number of furan rings is 1. The molecule has 0 radical (unpaired) electrons. The zero-order chi connectivity index (χ0) is 31.0. The van der Waals surface area contributed by atoms with Crippen molar-refractivity contribution < 1.29 is 18.7 Å². The maximum absolute atomic E-state index is 13.7. The van der Waals surface area contributed by atoms with Gasteiger partial charge < -0.3 is 18.5 Å². The van der Waals surface area contributed by atoms with E-state index in [9.17, 15) is 9.59 Å². The van der Waals surface area contributed by atoms with Gasteiger partial charge in [0.2, 0.25) is 5.82 Å². The molecule has 0 bridgehead atoms. The number of esters is 1. The van der Waals surface area contributed by atoms with Gasteiger partial charge in [0.15, 0.2) is 11.9 Å². The summed E-state index contributed by atoms with van der Waals surface area (Å²) in [6, 6.07) is 23.7. The van der Waals surface area contributed by atoms with Crippen LogP contribution in [-0.2, 0) is 9.53 Å². The second kappa shape index (κ2) is 11.9. The fraction of sp³-hybridized carbons (Fsp3) is 0.176. The van der Waals surface area contributed by atoms with Crippen molar-refractivity contribution in [3.8, 4) is 23.0 Å². The highest BCUT2D eigenvalue weighted by Crippen LogP contribution is 2.29. The van der Waals surface area contributed by atoms with Gasteiger partial charge in [0.25, 0.3) is 5.56 Å². The minimum atomic E-state index is -0.714. The molecular formula is C34H29ClN4O5. The van der Waals surface area contributed by atoms with E-state index in [-0.39, 0.29) is 11.4 Å². The lowest BCUT2D eigenvalue weighted by Gasteiger charge is -2.14. The van der Waals surface area contributed by atoms with E-state index in [0.29, 0.717) is 39.6 Å². The third-order valence-corrected chi connectivity index (χ3v) is 7.50. The van der Waals surface area contributed by atoms with Gasteiger partial charge in [-0.1, -0.05) is 23.7 Å². The number of para-hydroxylation sites is 1. The number of aryl methyl sites for hydroxylation is 1. The number of fused-ring (bicyclic) bond motifs is 2. The Hall–Kier alpha value is -5.15. The van der Waals surface area contributed by atoms with Crippen LogP contribution in [-0.4, -0.2) is 39.1 Å². The molecule has 3 aromatic heterocycles. The molecule has 0 aliphatic heterocycles. The molecule has 44 heavy (non-hydrogen) atoms. The number of halogens is 1. The van der Waals surface area contributed by atoms with Crippen molar-refractivity contribution in [3.05, 3.63) is 111 Å². The first-order chi connectivity index (χ1) is 21.2. The Kier molecular flexibility index (Phi) is 7.80. The highest BCUT2D eigenvalue weighted by molar-refractivity contribution is 6.31. The lowest BCUT2D eigenvalue weighted by molar-refractivity contribution is -0.150. The lowest BCUT2D eigenvalue weighted by atomic mass is 10.2. The SMILES string of the molecule is CCOC(=O)[C@@H](C)Oc1ccc(-n2c(C)cc(C=Nn3c(-c4cc5cc(Cl)ccc5o4)nc4ccccc4c3=O)c2C)cc1. The average Bonchev–Trinajstić information content (AvgIpc) is 3.56. The van der Waals surface area contributed by atoms with E-state index >= 15 is 0 Å². The number of aromatic nitrogens is 3. The number of nitrogens with zero attached hydrogens (tertiary/aromatic N) is 4. The standard InChI is InChI=1S/C34H29ClN4O5/c1-5-42-34(41)22(4)43-27-13-11-26(12-14-27)38-20(2)16-24(21(38)3)19-36-39-32(37-29-9-7-6-8-28(29)33(39)40)31-18-23-17-25(35)10-15-30(23)44-31/h6-19,22H,5H2,1-4H3/t22-/m1/s1. The number of ether oxygens (including phenoxy) is 2. The molecule has 9 nitrogen and oxygen atoms in total. The normalized spacial score (nSPS) is 12.3. The summed E-state index contributed by atoms with van der Waals surface area (Å²) >= 11 is 6.19. The summed E-state index contributed by atoms with van der Waals surface area (Å²) in [5.41, 5.74) is 4.46. The molecule has 10 heteroatoms. The van der Waals surface area contributed by atoms with Crippen molar-refractivity contribution in [2.24, 2.45) is 5.10 Å². The summed E-state index contributed by atoms with van der Waals surface area (Å²) < 4.78 is 20.2. The van der Waals surface area contributed by atoms with Crippen molar-refractivity contribution in [2.45, 2.75) is 33.8 Å². The van der Waals surface area contributed by atoms with Gasteiger partial charge in [-0.15, -0.1) is 0 Å². The molecule has 0 N–H and O–H groups in total. The first-order valence-electron chi connectivity index (χ1n) is 14.1. The number of benzene rings is 3. The van der Waals surface area contributed by atoms with E-state index in [0.717, 1.165) is 28.0 Å². The Bertz CT molecular complexity index is 2110. The summed E-state index contributed by atoms with van der Waals surface area (Å²) in [4.78, 5) is 30.4. The fourth-order valence-electron chi connectivity index (χ4n) is 5.14. The monoisotopic (exact) mass is 608 g/mol. The van der Waals surface area contributed by atoms with Crippen LogP contribution >= 0.6 is 11.6 Å². The lowest BCUT2D eigenvalue weighted by Crippen LogP contribution is -2.26. The zero-order valence-electron chi connectivity index (χ0n) is 24.6. The number of rotatable bonds is 8. The van der Waals surface area contributed by atoms with Gasteiger partial charge in [0.1, 0.15) is 11.3 Å². The summed E-state index contributed by atoms with van der Waals surface area (Å²) in [7, 11) is 0. The first-order valence-corrected chi connectivity index (χ1v) is 14.5. The second-order valence-electron chi connectivity index (χ2n) is 10.3. The Morgan fingerprint density at radius 1 is 1.07 bits per heavy atom. The van der Waals surface area contributed by atoms with E-state index < -0.39 is 12.1 Å². The second-order valence-corrected chi connectivity index (χ2v) is 10.7. The summed E-state index contributed by atoms with van der Waals surface area (Å²) in [6.45, 7) is 7.68. The van der Waals surface area contributed by atoms with Crippen molar-refractivity contribution in [1.29, 1.82) is 0 Å². The van der Waals surface area contributed by atoms with Gasteiger partial charge in [0.05, 0.1) is 23.7 Å². The first kappa shape index (κ1) is 28.9. The molecule has 6 rings (SSSR count). The topological polar surface area (TPSA) is 101 Å². The molecule has 3 aromatic carbocycles. The molecule has 0 spiro atoms. The van der Waals surface area contributed by atoms with Crippen LogP contribution in [0.15, 0.2) is 93.2 Å². The minimum Gasteiger partial charge on any atom is -0.479 e. The van der Waals surface area contributed by atoms with Crippen LogP contribution in [0.3, 0.4) is 0 Å². The quantitative estimate of drug-likeness (QED) is 0.135. The van der Waals surface area contributed by atoms with Gasteiger partial charge in [-0.2, -0.15) is 9.78 Å². The van der Waals surface area contributed by atoms with Crippen LogP contribution in [0.5, 0.6) is 5.75 Å². The van der Waals surface area contributed by atoms with Crippen LogP contribution in [0.25, 0.3) is 39.1 Å². The van der Waals surface area contributed by atoms with Crippen LogP contribution in [0, 0.1) is 13.8 Å². The summed E-state index contributed by atoms with van der Waals surface area (Å²) in [5.74, 6) is 0.819. The van der Waals surface area contributed by atoms with Crippen molar-refractivity contribution in [1.82, 2.24) is 14.2 Å². The molecule has 0 amide bonds. The Morgan fingerprint density at radius 3 is 2.61 bits per heavy atom. The highest BCUT2D eigenvalue weighted by atomic mass is 35.5. The van der Waals surface area contributed by atoms with E-state index in [1.165, 1.54) is 4.68 Å². The molecular weight excluding hydrogens is 580 g/mol. The summed E-state index contributed by atoms with van der Waals surface area (Å²) in [6.07, 6.45) is 0.937. The highest BCUT2D eigenvalue weighted by Gasteiger charge is 2.18. The van der Waals surface area contributed by atoms with Crippen LogP contribution in [0.1, 0.15) is 30.8 Å². The molecule has 222 valence electrons. The number of hydrogen-bond donors (Lipinski definition) is 0. The van der Waals surface area contributed by atoms with Crippen LogP contribution in [0.2, 0.25) is 5.02 Å². The Labute approximate surface area is 257 Å². The van der Waals surface area contributed by atoms with E-state index in [4.69, 9.17) is 30.5 Å². The van der Waals surface area contributed by atoms with Crippen molar-refractivity contribution in [2.75, 3.05) is 6.61 Å². The Balaban J connectivity index is 1.36. The average molecular weight is 609 g/mol. The van der Waals surface area contributed by atoms with Crippen LogP contribution < -0.4 is 10.3 Å². The summed E-state index contributed by atoms with van der Waals surface area (Å²) in [5, 5.41) is 6.44. The van der Waals surface area contributed by atoms with E-state index in [1.54, 1.807) is 62.5 Å². The van der Waals surface area contributed by atoms with E-state index in [2.05, 4.69) is 9.67 Å². The minimum absolute atomic E-state index is 0.277. The molecule has 0 saturated heterocycles. The van der Waals surface area contributed by atoms with Crippen molar-refractivity contribution >= 4 is 45.7 Å². The molecule has 0 unspecified atom stereocenters. The fourth-order valence-corrected chi connectivity index (χ4v) is 5.32. The third-order valence-electron chi connectivity index (χ3n) is 7.26. The molecule has 1 atom stereocenters. The maximum atomic E-state index is 13.7. The number of carbonyl (C=O) groups excluding carboxylic acids is 1. The maximum Gasteiger partial charge on any atom is 0.347 e. The molecule has 0 aliphatic rings. The predicted octanol–water partition coefficient (Wildman–Crippen LogP) is 7.08. The van der Waals surface area contributed by atoms with Crippen molar-refractivity contribution in [3.63, 3.8) is 0 Å². The molecule has 6 aromatic rings. The largest absolute Gasteiger partial charge is 0.479 e. The molecule has 0 saturated carbocycles. The van der Waals surface area contributed by atoms with E-state index in [1.807, 2.05) is 50.2 Å². The zero-order valence-corrected chi connectivity index (χ0v) is 25.3. The number of carbonyl (C=O) groups is 1. The van der Waals surface area contributed by atoms with Gasteiger partial charge in [-0.05, 0) is 94.4 Å². The Morgan fingerprint density at radius 2 is 1.84 bits per heavy atom. The number of hydrogen-bond acceptors (Lipinski definition) is 7. The predicted molar refractivity (Wildman–Crippen MR) is 171 cm³/mol. The van der Waals surface area contributed by atoms with Gasteiger partial charge in [-0.3, -0.25) is 4.79 Å². The van der Waals surface area contributed by atoms with Crippen LogP contribution in [0.4, 0.5) is 0 Å². The smallest absolute Gasteiger partial charge is 0.347 e. The molecule has 3 heterocycles.